The number of aryl methyl sites for hydroxylation is 1. The smallest absolute Gasteiger partial charge is 0.308 e. The van der Waals surface area contributed by atoms with Gasteiger partial charge in [-0.05, 0) is 24.3 Å². The van der Waals surface area contributed by atoms with Crippen molar-refractivity contribution in [3.05, 3.63) is 65.0 Å². The standard InChI is InChI=1S/C20H17N5O4/c21-11-13-24(15-6-2-1-3-7-15)18(26)14-29-19(27)10-12-25-20(28)16-8-4-5-9-17(16)22-23-25/h1-9H,10,12-14H2. The fraction of sp³-hybridized carbons (Fsp3) is 0.200. The second kappa shape index (κ2) is 9.23. The molecule has 9 nitrogen and oxygen atoms in total. The van der Waals surface area contributed by atoms with Crippen molar-refractivity contribution >= 4 is 28.5 Å². The molecule has 1 amide bonds. The van der Waals surface area contributed by atoms with Gasteiger partial charge in [0.15, 0.2) is 6.61 Å². The van der Waals surface area contributed by atoms with Gasteiger partial charge in [-0.25, -0.2) is 4.68 Å². The molecule has 1 heterocycles. The lowest BCUT2D eigenvalue weighted by Gasteiger charge is -2.19. The first-order valence-electron chi connectivity index (χ1n) is 8.80. The van der Waals surface area contributed by atoms with Crippen LogP contribution in [0.1, 0.15) is 6.42 Å². The molecular weight excluding hydrogens is 374 g/mol. The third-order valence-corrected chi connectivity index (χ3v) is 4.11. The first-order valence-corrected chi connectivity index (χ1v) is 8.80. The van der Waals surface area contributed by atoms with E-state index in [1.807, 2.05) is 6.07 Å². The van der Waals surface area contributed by atoms with Crippen molar-refractivity contribution in [3.8, 4) is 6.07 Å². The van der Waals surface area contributed by atoms with Gasteiger partial charge in [-0.1, -0.05) is 35.5 Å². The summed E-state index contributed by atoms with van der Waals surface area (Å²) in [6.45, 7) is -0.694. The number of nitrogens with zero attached hydrogens (tertiary/aromatic N) is 5. The molecular formula is C20H17N5O4. The van der Waals surface area contributed by atoms with Crippen LogP contribution in [0.2, 0.25) is 0 Å². The zero-order chi connectivity index (χ0) is 20.6. The first-order chi connectivity index (χ1) is 14.1. The number of carbonyl (C=O) groups excluding carboxylic acids is 2. The van der Waals surface area contributed by atoms with Crippen LogP contribution in [0.15, 0.2) is 59.4 Å². The summed E-state index contributed by atoms with van der Waals surface area (Å²) in [5.74, 6) is -1.18. The summed E-state index contributed by atoms with van der Waals surface area (Å²) >= 11 is 0. The Balaban J connectivity index is 1.57. The first kappa shape index (κ1) is 19.7. The number of para-hydroxylation sites is 1. The Bertz CT molecular complexity index is 1120. The van der Waals surface area contributed by atoms with Crippen molar-refractivity contribution in [1.82, 2.24) is 15.0 Å². The van der Waals surface area contributed by atoms with Crippen LogP contribution in [0.25, 0.3) is 10.9 Å². The fourth-order valence-corrected chi connectivity index (χ4v) is 2.66. The highest BCUT2D eigenvalue weighted by Gasteiger charge is 2.17. The van der Waals surface area contributed by atoms with Crippen molar-refractivity contribution < 1.29 is 14.3 Å². The Kier molecular flexibility index (Phi) is 6.27. The van der Waals surface area contributed by atoms with Gasteiger partial charge in [0.25, 0.3) is 11.5 Å². The number of anilines is 1. The molecule has 0 bridgehead atoms. The molecule has 146 valence electrons. The van der Waals surface area contributed by atoms with Gasteiger partial charge in [0.2, 0.25) is 0 Å². The molecule has 0 saturated heterocycles. The number of nitriles is 1. The van der Waals surface area contributed by atoms with Crippen LogP contribution in [-0.4, -0.2) is 40.0 Å². The molecule has 0 aliphatic carbocycles. The molecule has 0 saturated carbocycles. The molecule has 9 heteroatoms. The van der Waals surface area contributed by atoms with Crippen LogP contribution in [0.5, 0.6) is 0 Å². The number of hydrogen-bond acceptors (Lipinski definition) is 7. The normalized spacial score (nSPS) is 10.3. The predicted octanol–water partition coefficient (Wildman–Crippen LogP) is 1.28. The summed E-state index contributed by atoms with van der Waals surface area (Å²) in [5, 5.41) is 17.1. The van der Waals surface area contributed by atoms with E-state index in [2.05, 4.69) is 10.3 Å². The van der Waals surface area contributed by atoms with E-state index >= 15 is 0 Å². The number of esters is 1. The Hall–Kier alpha value is -4.06. The number of aromatic nitrogens is 3. The van der Waals surface area contributed by atoms with Gasteiger partial charge in [0, 0.05) is 5.69 Å². The average molecular weight is 391 g/mol. The fourth-order valence-electron chi connectivity index (χ4n) is 2.66. The summed E-state index contributed by atoms with van der Waals surface area (Å²) in [4.78, 5) is 37.9. The van der Waals surface area contributed by atoms with Crippen LogP contribution >= 0.6 is 0 Å². The lowest BCUT2D eigenvalue weighted by Crippen LogP contribution is -2.35. The maximum Gasteiger partial charge on any atom is 0.308 e. The van der Waals surface area contributed by atoms with Gasteiger partial charge in [-0.3, -0.25) is 19.3 Å². The topological polar surface area (TPSA) is 118 Å². The van der Waals surface area contributed by atoms with Crippen molar-refractivity contribution in [2.75, 3.05) is 18.1 Å². The zero-order valence-corrected chi connectivity index (χ0v) is 15.4. The molecule has 0 aliphatic heterocycles. The van der Waals surface area contributed by atoms with Crippen LogP contribution in [0.3, 0.4) is 0 Å². The third-order valence-electron chi connectivity index (χ3n) is 4.11. The number of hydrogen-bond donors (Lipinski definition) is 0. The molecule has 0 radical (unpaired) electrons. The van der Waals surface area contributed by atoms with Crippen LogP contribution in [0.4, 0.5) is 5.69 Å². The van der Waals surface area contributed by atoms with E-state index in [0.29, 0.717) is 16.6 Å². The summed E-state index contributed by atoms with van der Waals surface area (Å²) in [6, 6.07) is 17.3. The average Bonchev–Trinajstić information content (AvgIpc) is 2.76. The highest BCUT2D eigenvalue weighted by molar-refractivity contribution is 5.95. The maximum absolute atomic E-state index is 12.3. The Morgan fingerprint density at radius 3 is 2.59 bits per heavy atom. The van der Waals surface area contributed by atoms with E-state index in [0.717, 1.165) is 4.68 Å². The van der Waals surface area contributed by atoms with Crippen molar-refractivity contribution in [2.45, 2.75) is 13.0 Å². The Morgan fingerprint density at radius 1 is 1.10 bits per heavy atom. The van der Waals surface area contributed by atoms with Gasteiger partial charge in [0.1, 0.15) is 12.1 Å². The number of benzene rings is 2. The second-order valence-electron chi connectivity index (χ2n) is 6.02. The van der Waals surface area contributed by atoms with Crippen LogP contribution in [0, 0.1) is 11.3 Å². The maximum atomic E-state index is 12.3. The van der Waals surface area contributed by atoms with E-state index in [1.54, 1.807) is 54.6 Å². The molecule has 0 atom stereocenters. The van der Waals surface area contributed by atoms with E-state index in [4.69, 9.17) is 10.00 Å². The molecule has 3 rings (SSSR count). The van der Waals surface area contributed by atoms with Gasteiger partial charge in [0.05, 0.1) is 24.4 Å². The minimum atomic E-state index is -0.662. The molecule has 0 spiro atoms. The third kappa shape index (κ3) is 4.81. The lowest BCUT2D eigenvalue weighted by atomic mass is 10.2. The van der Waals surface area contributed by atoms with Gasteiger partial charge in [-0.15, -0.1) is 5.10 Å². The highest BCUT2D eigenvalue weighted by Crippen LogP contribution is 2.13. The minimum Gasteiger partial charge on any atom is -0.455 e. The second-order valence-corrected chi connectivity index (χ2v) is 6.02. The quantitative estimate of drug-likeness (QED) is 0.440. The molecule has 1 aromatic heterocycles. The highest BCUT2D eigenvalue weighted by atomic mass is 16.5. The molecule has 0 aliphatic rings. The van der Waals surface area contributed by atoms with E-state index in [9.17, 15) is 14.4 Å². The van der Waals surface area contributed by atoms with Gasteiger partial charge in [-0.2, -0.15) is 5.26 Å². The monoisotopic (exact) mass is 391 g/mol. The van der Waals surface area contributed by atoms with Crippen LogP contribution < -0.4 is 10.5 Å². The molecule has 0 unspecified atom stereocenters. The summed E-state index contributed by atoms with van der Waals surface area (Å²) in [5.41, 5.74) is 0.650. The van der Waals surface area contributed by atoms with E-state index in [-0.39, 0.29) is 25.1 Å². The molecule has 3 aromatic rings. The number of ether oxygens (including phenoxy) is 1. The number of rotatable bonds is 7. The number of carbonyl (C=O) groups is 2. The zero-order valence-electron chi connectivity index (χ0n) is 15.4. The largest absolute Gasteiger partial charge is 0.455 e. The number of fused-ring (bicyclic) bond motifs is 1. The van der Waals surface area contributed by atoms with E-state index < -0.39 is 18.5 Å². The van der Waals surface area contributed by atoms with Gasteiger partial charge >= 0.3 is 5.97 Å². The number of amides is 1. The summed E-state index contributed by atoms with van der Waals surface area (Å²) in [6.07, 6.45) is -0.149. The predicted molar refractivity (Wildman–Crippen MR) is 104 cm³/mol. The SMILES string of the molecule is N#CCN(C(=O)COC(=O)CCn1nnc2ccccc2c1=O)c1ccccc1. The Labute approximate surface area is 165 Å². The summed E-state index contributed by atoms with van der Waals surface area (Å²) in [7, 11) is 0. The van der Waals surface area contributed by atoms with E-state index in [1.165, 1.54) is 4.90 Å². The molecule has 0 fully saturated rings. The van der Waals surface area contributed by atoms with Gasteiger partial charge < -0.3 is 4.74 Å². The lowest BCUT2D eigenvalue weighted by molar-refractivity contribution is -0.148. The van der Waals surface area contributed by atoms with Crippen molar-refractivity contribution in [2.24, 2.45) is 0 Å². The minimum absolute atomic E-state index is 0.0235. The Morgan fingerprint density at radius 2 is 1.83 bits per heavy atom. The molecule has 29 heavy (non-hydrogen) atoms. The summed E-state index contributed by atoms with van der Waals surface area (Å²) < 4.78 is 6.08. The van der Waals surface area contributed by atoms with Crippen molar-refractivity contribution in [3.63, 3.8) is 0 Å². The molecule has 2 aromatic carbocycles. The van der Waals surface area contributed by atoms with Crippen LogP contribution in [-0.2, 0) is 20.9 Å². The van der Waals surface area contributed by atoms with Crippen molar-refractivity contribution in [1.29, 1.82) is 5.26 Å². The molecule has 0 N–H and O–H groups in total.